The summed E-state index contributed by atoms with van der Waals surface area (Å²) in [6, 6.07) is 0. The average molecular weight is 205 g/mol. The van der Waals surface area contributed by atoms with E-state index in [0.29, 0.717) is 18.7 Å². The first-order valence-electron chi connectivity index (χ1n) is 4.38. The molecule has 0 N–H and O–H groups in total. The molecule has 0 unspecified atom stereocenters. The average Bonchev–Trinajstić information content (AvgIpc) is 1.94. The number of allylic oxidation sites excluding steroid dienone is 2. The van der Waals surface area contributed by atoms with Gasteiger partial charge in [0.1, 0.15) is 5.60 Å². The van der Waals surface area contributed by atoms with Crippen molar-refractivity contribution in [2.75, 3.05) is 5.88 Å². The van der Waals surface area contributed by atoms with Gasteiger partial charge < -0.3 is 4.74 Å². The summed E-state index contributed by atoms with van der Waals surface area (Å²) in [5.41, 5.74) is -0.382. The van der Waals surface area contributed by atoms with E-state index >= 15 is 0 Å². The number of hydrogen-bond donors (Lipinski definition) is 0. The number of esters is 1. The fourth-order valence-electron chi connectivity index (χ4n) is 0.775. The predicted molar refractivity (Wildman–Crippen MR) is 54.9 cm³/mol. The summed E-state index contributed by atoms with van der Waals surface area (Å²) in [5.74, 6) is 0.334. The molecule has 0 aromatic heterocycles. The Kier molecular flexibility index (Phi) is 5.80. The molecule has 0 aliphatic heterocycles. The molecule has 0 atom stereocenters. The normalized spacial score (nSPS) is 12.0. The van der Waals surface area contributed by atoms with Gasteiger partial charge in [-0.2, -0.15) is 0 Å². The van der Waals surface area contributed by atoms with Crippen LogP contribution in [-0.2, 0) is 9.53 Å². The lowest BCUT2D eigenvalue weighted by molar-refractivity contribution is -0.154. The largest absolute Gasteiger partial charge is 0.460 e. The van der Waals surface area contributed by atoms with Crippen molar-refractivity contribution < 1.29 is 9.53 Å². The van der Waals surface area contributed by atoms with E-state index in [-0.39, 0.29) is 11.6 Å². The van der Waals surface area contributed by atoms with E-state index < -0.39 is 0 Å². The van der Waals surface area contributed by atoms with Crippen molar-refractivity contribution in [3.8, 4) is 0 Å². The summed E-state index contributed by atoms with van der Waals surface area (Å²) < 4.78 is 5.11. The van der Waals surface area contributed by atoms with Crippen molar-refractivity contribution in [2.24, 2.45) is 0 Å². The van der Waals surface area contributed by atoms with Crippen LogP contribution in [0.25, 0.3) is 0 Å². The van der Waals surface area contributed by atoms with Gasteiger partial charge in [0.2, 0.25) is 0 Å². The standard InChI is InChI=1S/C10H17ClO2/c1-10(2,3)13-9(12)7-5-4-6-8-11/h4,6H,5,7-8H2,1-3H3/b6-4-. The highest BCUT2D eigenvalue weighted by atomic mass is 35.5. The van der Waals surface area contributed by atoms with E-state index in [9.17, 15) is 4.79 Å². The Morgan fingerprint density at radius 3 is 2.46 bits per heavy atom. The lowest BCUT2D eigenvalue weighted by Gasteiger charge is -2.19. The number of alkyl halides is 1. The number of carbonyl (C=O) groups excluding carboxylic acids is 1. The van der Waals surface area contributed by atoms with Gasteiger partial charge in [-0.3, -0.25) is 4.79 Å². The molecule has 0 aliphatic rings. The maximum absolute atomic E-state index is 11.1. The van der Waals surface area contributed by atoms with E-state index in [1.807, 2.05) is 32.9 Å². The third-order valence-corrected chi connectivity index (χ3v) is 1.37. The maximum atomic E-state index is 11.1. The summed E-state index contributed by atoms with van der Waals surface area (Å²) in [7, 11) is 0. The molecule has 0 aromatic carbocycles. The Morgan fingerprint density at radius 2 is 2.00 bits per heavy atom. The van der Waals surface area contributed by atoms with Crippen LogP contribution < -0.4 is 0 Å². The molecule has 0 aliphatic carbocycles. The monoisotopic (exact) mass is 204 g/mol. The van der Waals surface area contributed by atoms with Crippen LogP contribution >= 0.6 is 11.6 Å². The molecule has 2 nitrogen and oxygen atoms in total. The zero-order valence-corrected chi connectivity index (χ0v) is 9.23. The molecule has 0 bridgehead atoms. The Bertz CT molecular complexity index is 180. The minimum absolute atomic E-state index is 0.160. The molecule has 0 aromatic rings. The molecular weight excluding hydrogens is 188 g/mol. The van der Waals surface area contributed by atoms with Crippen molar-refractivity contribution in [3.63, 3.8) is 0 Å². The van der Waals surface area contributed by atoms with Gasteiger partial charge in [-0.25, -0.2) is 0 Å². The molecule has 76 valence electrons. The second kappa shape index (κ2) is 6.03. The van der Waals surface area contributed by atoms with Gasteiger partial charge in [0, 0.05) is 12.3 Å². The van der Waals surface area contributed by atoms with Crippen LogP contribution in [0.4, 0.5) is 0 Å². The van der Waals surface area contributed by atoms with E-state index in [1.54, 1.807) is 0 Å². The Labute approximate surface area is 84.9 Å². The van der Waals surface area contributed by atoms with E-state index in [2.05, 4.69) is 0 Å². The topological polar surface area (TPSA) is 26.3 Å². The molecule has 0 heterocycles. The van der Waals surface area contributed by atoms with Gasteiger partial charge in [0.05, 0.1) is 0 Å². The quantitative estimate of drug-likeness (QED) is 0.400. The van der Waals surface area contributed by atoms with Crippen molar-refractivity contribution in [1.82, 2.24) is 0 Å². The van der Waals surface area contributed by atoms with Gasteiger partial charge in [-0.1, -0.05) is 12.2 Å². The summed E-state index contributed by atoms with van der Waals surface area (Å²) in [5, 5.41) is 0. The molecular formula is C10H17ClO2. The van der Waals surface area contributed by atoms with Gasteiger partial charge >= 0.3 is 5.97 Å². The molecule has 3 heteroatoms. The molecule has 0 radical (unpaired) electrons. The van der Waals surface area contributed by atoms with Crippen LogP contribution in [0.5, 0.6) is 0 Å². The van der Waals surface area contributed by atoms with E-state index in [0.717, 1.165) is 0 Å². The molecule has 13 heavy (non-hydrogen) atoms. The van der Waals surface area contributed by atoms with Gasteiger partial charge in [-0.15, -0.1) is 11.6 Å². The first-order chi connectivity index (χ1) is 5.95. The Balaban J connectivity index is 3.58. The molecule has 0 spiro atoms. The SMILES string of the molecule is CC(C)(C)OC(=O)CC/C=C\CCl. The molecule has 0 saturated heterocycles. The lowest BCUT2D eigenvalue weighted by atomic mass is 10.2. The number of ether oxygens (including phenoxy) is 1. The van der Waals surface area contributed by atoms with E-state index in [1.165, 1.54) is 0 Å². The second-order valence-corrected chi connectivity index (χ2v) is 4.06. The van der Waals surface area contributed by atoms with Crippen LogP contribution in [0.2, 0.25) is 0 Å². The van der Waals surface area contributed by atoms with Crippen LogP contribution in [0.15, 0.2) is 12.2 Å². The van der Waals surface area contributed by atoms with Crippen molar-refractivity contribution in [2.45, 2.75) is 39.2 Å². The second-order valence-electron chi connectivity index (χ2n) is 3.75. The Morgan fingerprint density at radius 1 is 1.38 bits per heavy atom. The molecule has 0 rings (SSSR count). The first kappa shape index (κ1) is 12.5. The predicted octanol–water partition coefficient (Wildman–Crippen LogP) is 2.90. The third-order valence-electron chi connectivity index (χ3n) is 1.19. The highest BCUT2D eigenvalue weighted by molar-refractivity contribution is 6.18. The van der Waals surface area contributed by atoms with Crippen LogP contribution in [0, 0.1) is 0 Å². The summed E-state index contributed by atoms with van der Waals surface area (Å²) in [6.45, 7) is 5.58. The van der Waals surface area contributed by atoms with Crippen molar-refractivity contribution in [1.29, 1.82) is 0 Å². The minimum atomic E-state index is -0.382. The lowest BCUT2D eigenvalue weighted by Crippen LogP contribution is -2.23. The minimum Gasteiger partial charge on any atom is -0.460 e. The van der Waals surface area contributed by atoms with E-state index in [4.69, 9.17) is 16.3 Å². The van der Waals surface area contributed by atoms with Crippen LogP contribution in [0.1, 0.15) is 33.6 Å². The highest BCUT2D eigenvalue weighted by Gasteiger charge is 2.14. The van der Waals surface area contributed by atoms with Crippen LogP contribution in [0.3, 0.4) is 0 Å². The molecule has 0 fully saturated rings. The number of hydrogen-bond acceptors (Lipinski definition) is 2. The Hall–Kier alpha value is -0.500. The van der Waals surface area contributed by atoms with Crippen molar-refractivity contribution in [3.05, 3.63) is 12.2 Å². The zero-order valence-electron chi connectivity index (χ0n) is 8.47. The smallest absolute Gasteiger partial charge is 0.306 e. The van der Waals surface area contributed by atoms with Crippen LogP contribution in [-0.4, -0.2) is 17.5 Å². The summed E-state index contributed by atoms with van der Waals surface area (Å²) in [4.78, 5) is 11.1. The summed E-state index contributed by atoms with van der Waals surface area (Å²) in [6.07, 6.45) is 4.83. The maximum Gasteiger partial charge on any atom is 0.306 e. The van der Waals surface area contributed by atoms with Gasteiger partial charge in [0.25, 0.3) is 0 Å². The number of carbonyl (C=O) groups is 1. The van der Waals surface area contributed by atoms with Gasteiger partial charge in [-0.05, 0) is 27.2 Å². The highest BCUT2D eigenvalue weighted by Crippen LogP contribution is 2.09. The zero-order chi connectivity index (χ0) is 10.3. The first-order valence-corrected chi connectivity index (χ1v) is 4.92. The fraction of sp³-hybridized carbons (Fsp3) is 0.700. The molecule has 0 saturated carbocycles. The molecule has 0 amide bonds. The number of halogens is 1. The van der Waals surface area contributed by atoms with Crippen molar-refractivity contribution >= 4 is 17.6 Å². The summed E-state index contributed by atoms with van der Waals surface area (Å²) >= 11 is 5.42. The number of rotatable bonds is 4. The van der Waals surface area contributed by atoms with Gasteiger partial charge in [0.15, 0.2) is 0 Å². The third kappa shape index (κ3) is 9.41. The fourth-order valence-corrected chi connectivity index (χ4v) is 0.901.